The van der Waals surface area contributed by atoms with Crippen LogP contribution in [0.15, 0.2) is 59.9 Å². The number of rotatable bonds is 8. The maximum atomic E-state index is 13.3. The lowest BCUT2D eigenvalue weighted by Gasteiger charge is -2.17. The van der Waals surface area contributed by atoms with Crippen molar-refractivity contribution >= 4 is 23.4 Å². The molecule has 6 nitrogen and oxygen atoms in total. The summed E-state index contributed by atoms with van der Waals surface area (Å²) in [6, 6.07) is 13.6. The normalized spacial score (nSPS) is 12.3. The molecular weight excluding hydrogens is 443 g/mol. The van der Waals surface area contributed by atoms with Crippen molar-refractivity contribution in [3.8, 4) is 22.8 Å². The molecule has 10 heteroatoms. The van der Waals surface area contributed by atoms with Gasteiger partial charge in [-0.25, -0.2) is 4.98 Å². The monoisotopic (exact) mass is 465 g/mol. The summed E-state index contributed by atoms with van der Waals surface area (Å²) in [6.07, 6.45) is -3.06. The Morgan fingerprint density at radius 3 is 2.50 bits per heavy atom. The van der Waals surface area contributed by atoms with Crippen LogP contribution in [0.1, 0.15) is 6.92 Å². The number of alkyl halides is 3. The van der Waals surface area contributed by atoms with Gasteiger partial charge in [0.25, 0.3) is 0 Å². The molecule has 0 saturated heterocycles. The first-order valence-corrected chi connectivity index (χ1v) is 10.5. The number of halogens is 3. The van der Waals surface area contributed by atoms with E-state index < -0.39 is 23.9 Å². The third kappa shape index (κ3) is 5.76. The SMILES string of the molecule is COc1ccc(OC)c(NC(=O)C(C)Sc2ncc(-c3ccccc3)n2CC(F)(F)F)c1. The molecule has 1 N–H and O–H groups in total. The number of amides is 1. The highest BCUT2D eigenvalue weighted by Crippen LogP contribution is 2.33. The van der Waals surface area contributed by atoms with Crippen molar-refractivity contribution in [1.82, 2.24) is 9.55 Å². The fourth-order valence-corrected chi connectivity index (χ4v) is 3.87. The Bertz CT molecular complexity index is 1070. The van der Waals surface area contributed by atoms with Gasteiger partial charge in [0.2, 0.25) is 5.91 Å². The summed E-state index contributed by atoms with van der Waals surface area (Å²) in [4.78, 5) is 16.9. The van der Waals surface area contributed by atoms with Crippen molar-refractivity contribution in [2.45, 2.75) is 30.1 Å². The second-order valence-electron chi connectivity index (χ2n) is 6.81. The average molecular weight is 465 g/mol. The van der Waals surface area contributed by atoms with E-state index in [2.05, 4.69) is 10.3 Å². The van der Waals surface area contributed by atoms with Crippen molar-refractivity contribution < 1.29 is 27.4 Å². The molecule has 32 heavy (non-hydrogen) atoms. The van der Waals surface area contributed by atoms with E-state index in [-0.39, 0.29) is 5.16 Å². The maximum absolute atomic E-state index is 13.3. The molecule has 1 unspecified atom stereocenters. The number of benzene rings is 2. The van der Waals surface area contributed by atoms with Gasteiger partial charge in [0.15, 0.2) is 5.16 Å². The number of anilines is 1. The van der Waals surface area contributed by atoms with Crippen LogP contribution in [0.4, 0.5) is 18.9 Å². The molecule has 0 saturated carbocycles. The average Bonchev–Trinajstić information content (AvgIpc) is 3.14. The Morgan fingerprint density at radius 2 is 1.88 bits per heavy atom. The molecule has 3 aromatic rings. The van der Waals surface area contributed by atoms with Gasteiger partial charge < -0.3 is 19.4 Å². The summed E-state index contributed by atoms with van der Waals surface area (Å²) in [5.41, 5.74) is 1.33. The molecule has 0 radical (unpaired) electrons. The summed E-state index contributed by atoms with van der Waals surface area (Å²) in [5.74, 6) is 0.542. The van der Waals surface area contributed by atoms with Crippen molar-refractivity contribution in [1.29, 1.82) is 0 Å². The number of hydrogen-bond donors (Lipinski definition) is 1. The quantitative estimate of drug-likeness (QED) is 0.461. The number of thioether (sulfide) groups is 1. The molecule has 1 amide bonds. The van der Waals surface area contributed by atoms with Crippen LogP contribution < -0.4 is 14.8 Å². The molecular formula is C22H22F3N3O3S. The van der Waals surface area contributed by atoms with Crippen LogP contribution in [0, 0.1) is 0 Å². The lowest BCUT2D eigenvalue weighted by atomic mass is 10.2. The van der Waals surface area contributed by atoms with Crippen LogP contribution in [0.5, 0.6) is 11.5 Å². The van der Waals surface area contributed by atoms with Crippen LogP contribution in [0.2, 0.25) is 0 Å². The number of ether oxygens (including phenoxy) is 2. The van der Waals surface area contributed by atoms with E-state index in [1.165, 1.54) is 20.4 Å². The Kier molecular flexibility index (Phi) is 7.34. The number of imidazole rings is 1. The molecule has 1 atom stereocenters. The first-order valence-electron chi connectivity index (χ1n) is 9.59. The second kappa shape index (κ2) is 9.99. The highest BCUT2D eigenvalue weighted by atomic mass is 32.2. The van der Waals surface area contributed by atoms with E-state index in [0.717, 1.165) is 16.3 Å². The van der Waals surface area contributed by atoms with E-state index >= 15 is 0 Å². The number of hydrogen-bond acceptors (Lipinski definition) is 5. The van der Waals surface area contributed by atoms with Crippen molar-refractivity contribution in [2.24, 2.45) is 0 Å². The molecule has 0 aliphatic carbocycles. The molecule has 170 valence electrons. The van der Waals surface area contributed by atoms with Gasteiger partial charge in [-0.3, -0.25) is 4.79 Å². The number of nitrogens with zero attached hydrogens (tertiary/aromatic N) is 2. The molecule has 0 fully saturated rings. The summed E-state index contributed by atoms with van der Waals surface area (Å²) in [7, 11) is 2.96. The molecule has 1 aromatic heterocycles. The van der Waals surface area contributed by atoms with Gasteiger partial charge in [-0.1, -0.05) is 42.1 Å². The third-order valence-corrected chi connectivity index (χ3v) is 5.65. The number of nitrogens with one attached hydrogen (secondary N) is 1. The van der Waals surface area contributed by atoms with E-state index in [9.17, 15) is 18.0 Å². The summed E-state index contributed by atoms with van der Waals surface area (Å²) < 4.78 is 51.3. The molecule has 0 aliphatic heterocycles. The van der Waals surface area contributed by atoms with Crippen molar-refractivity contribution in [3.05, 3.63) is 54.7 Å². The van der Waals surface area contributed by atoms with Gasteiger partial charge in [-0.2, -0.15) is 13.2 Å². The smallest absolute Gasteiger partial charge is 0.406 e. The Balaban J connectivity index is 1.83. The zero-order valence-electron chi connectivity index (χ0n) is 17.6. The third-order valence-electron chi connectivity index (χ3n) is 4.54. The fraction of sp³-hybridized carbons (Fsp3) is 0.273. The van der Waals surface area contributed by atoms with Gasteiger partial charge in [0.1, 0.15) is 18.0 Å². The second-order valence-corrected chi connectivity index (χ2v) is 8.12. The summed E-state index contributed by atoms with van der Waals surface area (Å²) in [6.45, 7) is 0.388. The zero-order valence-corrected chi connectivity index (χ0v) is 18.5. The molecule has 3 rings (SSSR count). The van der Waals surface area contributed by atoms with Crippen molar-refractivity contribution in [2.75, 3.05) is 19.5 Å². The van der Waals surface area contributed by atoms with Gasteiger partial charge in [-0.05, 0) is 24.6 Å². The minimum atomic E-state index is -4.45. The van der Waals surface area contributed by atoms with Crippen LogP contribution >= 0.6 is 11.8 Å². The topological polar surface area (TPSA) is 65.4 Å². The number of methoxy groups -OCH3 is 2. The summed E-state index contributed by atoms with van der Waals surface area (Å²) in [5, 5.41) is 2.10. The van der Waals surface area contributed by atoms with Crippen molar-refractivity contribution in [3.63, 3.8) is 0 Å². The van der Waals surface area contributed by atoms with E-state index in [4.69, 9.17) is 9.47 Å². The molecule has 1 heterocycles. The van der Waals surface area contributed by atoms with Gasteiger partial charge in [0.05, 0.1) is 37.0 Å². The fourth-order valence-electron chi connectivity index (χ4n) is 2.98. The van der Waals surface area contributed by atoms with Gasteiger partial charge >= 0.3 is 6.18 Å². The molecule has 0 aliphatic rings. The van der Waals surface area contributed by atoms with E-state index in [1.54, 1.807) is 55.5 Å². The number of carbonyl (C=O) groups excluding carboxylic acids is 1. The number of carbonyl (C=O) groups is 1. The first-order chi connectivity index (χ1) is 15.2. The Hall–Kier alpha value is -3.14. The minimum absolute atomic E-state index is 0.0986. The Labute approximate surface area is 187 Å². The Morgan fingerprint density at radius 1 is 1.16 bits per heavy atom. The predicted molar refractivity (Wildman–Crippen MR) is 117 cm³/mol. The van der Waals surface area contributed by atoms with Crippen LogP contribution in [0.3, 0.4) is 0 Å². The summed E-state index contributed by atoms with van der Waals surface area (Å²) >= 11 is 0.945. The van der Waals surface area contributed by atoms with Gasteiger partial charge in [-0.15, -0.1) is 0 Å². The predicted octanol–water partition coefficient (Wildman–Crippen LogP) is 5.25. The standard InChI is InChI=1S/C22H22F3N3O3S/c1-14(20(29)27-17-11-16(30-2)9-10-19(17)31-3)32-21-26-12-18(15-7-5-4-6-8-15)28(21)13-22(23,24)25/h4-12,14H,13H2,1-3H3,(H,27,29). The van der Waals surface area contributed by atoms with E-state index in [1.807, 2.05) is 0 Å². The lowest BCUT2D eigenvalue weighted by molar-refractivity contribution is -0.141. The zero-order chi connectivity index (χ0) is 23.3. The lowest BCUT2D eigenvalue weighted by Crippen LogP contribution is -2.24. The minimum Gasteiger partial charge on any atom is -0.497 e. The molecule has 0 bridgehead atoms. The van der Waals surface area contributed by atoms with E-state index in [0.29, 0.717) is 28.4 Å². The maximum Gasteiger partial charge on any atom is 0.406 e. The largest absolute Gasteiger partial charge is 0.497 e. The number of aromatic nitrogens is 2. The highest BCUT2D eigenvalue weighted by molar-refractivity contribution is 8.00. The first kappa shape index (κ1) is 23.5. The van der Waals surface area contributed by atoms with Crippen LogP contribution in [0.25, 0.3) is 11.3 Å². The van der Waals surface area contributed by atoms with Crippen LogP contribution in [-0.2, 0) is 11.3 Å². The van der Waals surface area contributed by atoms with Gasteiger partial charge in [0, 0.05) is 6.07 Å². The highest BCUT2D eigenvalue weighted by Gasteiger charge is 2.31. The molecule has 0 spiro atoms. The molecule has 2 aromatic carbocycles. The van der Waals surface area contributed by atoms with Crippen LogP contribution in [-0.4, -0.2) is 41.1 Å².